The lowest BCUT2D eigenvalue weighted by molar-refractivity contribution is 0.307. The highest BCUT2D eigenvalue weighted by atomic mass is 35.5. The first-order valence-corrected chi connectivity index (χ1v) is 4.80. The summed E-state index contributed by atoms with van der Waals surface area (Å²) >= 11 is 5.98. The monoisotopic (exact) mass is 215 g/mol. The van der Waals surface area contributed by atoms with Gasteiger partial charge in [-0.15, -0.1) is 0 Å². The van der Waals surface area contributed by atoms with Gasteiger partial charge >= 0.3 is 0 Å². The third-order valence-electron chi connectivity index (χ3n) is 1.88. The van der Waals surface area contributed by atoms with Crippen LogP contribution in [0.2, 0.25) is 5.02 Å². The van der Waals surface area contributed by atoms with Crippen molar-refractivity contribution in [2.75, 3.05) is 13.7 Å². The second-order valence-corrected chi connectivity index (χ2v) is 3.10. The largest absolute Gasteiger partial charge is 0.493 e. The Hall–Kier alpha value is -0.930. The minimum Gasteiger partial charge on any atom is -0.493 e. The fourth-order valence-corrected chi connectivity index (χ4v) is 1.46. The van der Waals surface area contributed by atoms with Crippen LogP contribution in [0, 0.1) is 0 Å². The number of methoxy groups -OCH3 is 1. The Bertz CT molecular complexity index is 315. The smallest absolute Gasteiger partial charge is 0.167 e. The van der Waals surface area contributed by atoms with Crippen molar-refractivity contribution in [1.29, 1.82) is 0 Å². The molecule has 0 unspecified atom stereocenters. The Morgan fingerprint density at radius 1 is 1.43 bits per heavy atom. The van der Waals surface area contributed by atoms with E-state index in [1.54, 1.807) is 19.2 Å². The molecule has 3 nitrogen and oxygen atoms in total. The topological polar surface area (TPSA) is 44.5 Å². The lowest BCUT2D eigenvalue weighted by Gasteiger charge is -2.14. The molecule has 14 heavy (non-hydrogen) atoms. The van der Waals surface area contributed by atoms with Crippen molar-refractivity contribution in [3.8, 4) is 11.5 Å². The first kappa shape index (κ1) is 11.1. The quantitative estimate of drug-likeness (QED) is 0.838. The maximum absolute atomic E-state index is 5.98. The summed E-state index contributed by atoms with van der Waals surface area (Å²) in [4.78, 5) is 0. The van der Waals surface area contributed by atoms with E-state index in [4.69, 9.17) is 26.8 Å². The van der Waals surface area contributed by atoms with Crippen LogP contribution < -0.4 is 15.2 Å². The molecule has 1 aromatic rings. The van der Waals surface area contributed by atoms with Gasteiger partial charge in [0.2, 0.25) is 0 Å². The number of hydrogen-bond donors (Lipinski definition) is 1. The Morgan fingerprint density at radius 3 is 2.64 bits per heavy atom. The summed E-state index contributed by atoms with van der Waals surface area (Å²) in [6.07, 6.45) is 0. The molecule has 0 saturated carbocycles. The molecule has 0 amide bonds. The van der Waals surface area contributed by atoms with Crippen molar-refractivity contribution < 1.29 is 9.47 Å². The Morgan fingerprint density at radius 2 is 2.14 bits per heavy atom. The lowest BCUT2D eigenvalue weighted by atomic mass is 10.2. The Balaban J connectivity index is 3.21. The first-order chi connectivity index (χ1) is 6.74. The zero-order chi connectivity index (χ0) is 10.6. The normalized spacial score (nSPS) is 10.0. The highest BCUT2D eigenvalue weighted by Crippen LogP contribution is 2.35. The summed E-state index contributed by atoms with van der Waals surface area (Å²) in [6, 6.07) is 3.53. The molecule has 0 fully saturated rings. The molecule has 0 aliphatic rings. The SMILES string of the molecule is CCOc1c(OC)ccc(Cl)c1CN. The molecule has 2 N–H and O–H groups in total. The molecule has 0 aromatic heterocycles. The Labute approximate surface area is 88.8 Å². The second-order valence-electron chi connectivity index (χ2n) is 2.69. The van der Waals surface area contributed by atoms with Crippen molar-refractivity contribution in [2.24, 2.45) is 5.73 Å². The van der Waals surface area contributed by atoms with E-state index in [1.165, 1.54) is 0 Å². The van der Waals surface area contributed by atoms with Crippen molar-refractivity contribution in [3.05, 3.63) is 22.7 Å². The maximum atomic E-state index is 5.98. The van der Waals surface area contributed by atoms with Crippen LogP contribution in [0.1, 0.15) is 12.5 Å². The first-order valence-electron chi connectivity index (χ1n) is 4.42. The van der Waals surface area contributed by atoms with E-state index in [0.717, 1.165) is 5.56 Å². The zero-order valence-corrected chi connectivity index (χ0v) is 9.10. The molecule has 0 heterocycles. The molecule has 0 aliphatic carbocycles. The highest BCUT2D eigenvalue weighted by Gasteiger charge is 2.12. The minimum absolute atomic E-state index is 0.339. The molecule has 78 valence electrons. The van der Waals surface area contributed by atoms with E-state index >= 15 is 0 Å². The molecular weight excluding hydrogens is 202 g/mol. The Kier molecular flexibility index (Phi) is 4.04. The third kappa shape index (κ3) is 2.11. The summed E-state index contributed by atoms with van der Waals surface area (Å²) in [6.45, 7) is 2.80. The van der Waals surface area contributed by atoms with Crippen LogP contribution in [-0.4, -0.2) is 13.7 Å². The summed E-state index contributed by atoms with van der Waals surface area (Å²) in [7, 11) is 1.59. The summed E-state index contributed by atoms with van der Waals surface area (Å²) in [5, 5.41) is 0.608. The maximum Gasteiger partial charge on any atom is 0.167 e. The molecule has 1 aromatic carbocycles. The van der Waals surface area contributed by atoms with Gasteiger partial charge < -0.3 is 15.2 Å². The van der Waals surface area contributed by atoms with Gasteiger partial charge in [-0.3, -0.25) is 0 Å². The van der Waals surface area contributed by atoms with Crippen molar-refractivity contribution in [1.82, 2.24) is 0 Å². The predicted octanol–water partition coefficient (Wildman–Crippen LogP) is 2.21. The predicted molar refractivity (Wildman–Crippen MR) is 57.1 cm³/mol. The van der Waals surface area contributed by atoms with Gasteiger partial charge in [0.1, 0.15) is 0 Å². The number of ether oxygens (including phenoxy) is 2. The summed E-state index contributed by atoms with van der Waals surface area (Å²) in [5.74, 6) is 1.31. The van der Waals surface area contributed by atoms with E-state index in [1.807, 2.05) is 6.92 Å². The van der Waals surface area contributed by atoms with Gasteiger partial charge in [0.15, 0.2) is 11.5 Å². The minimum atomic E-state index is 0.339. The molecule has 0 radical (unpaired) electrons. The van der Waals surface area contributed by atoms with E-state index in [2.05, 4.69) is 0 Å². The highest BCUT2D eigenvalue weighted by molar-refractivity contribution is 6.31. The average molecular weight is 216 g/mol. The van der Waals surface area contributed by atoms with Crippen molar-refractivity contribution in [2.45, 2.75) is 13.5 Å². The zero-order valence-electron chi connectivity index (χ0n) is 8.34. The fraction of sp³-hybridized carbons (Fsp3) is 0.400. The lowest BCUT2D eigenvalue weighted by Crippen LogP contribution is -2.04. The van der Waals surface area contributed by atoms with E-state index < -0.39 is 0 Å². The average Bonchev–Trinajstić information content (AvgIpc) is 2.19. The van der Waals surface area contributed by atoms with Crippen LogP contribution in [-0.2, 0) is 6.54 Å². The molecule has 1 rings (SSSR count). The molecule has 4 heteroatoms. The van der Waals surface area contributed by atoms with Gasteiger partial charge in [0.05, 0.1) is 13.7 Å². The van der Waals surface area contributed by atoms with Crippen LogP contribution in [0.4, 0.5) is 0 Å². The van der Waals surface area contributed by atoms with Crippen molar-refractivity contribution in [3.63, 3.8) is 0 Å². The fourth-order valence-electron chi connectivity index (χ4n) is 1.24. The van der Waals surface area contributed by atoms with Crippen molar-refractivity contribution >= 4 is 11.6 Å². The van der Waals surface area contributed by atoms with Gasteiger partial charge in [0.25, 0.3) is 0 Å². The second kappa shape index (κ2) is 5.08. The number of nitrogens with two attached hydrogens (primary N) is 1. The molecule has 0 aliphatic heterocycles. The van der Waals surface area contributed by atoms with Crippen LogP contribution >= 0.6 is 11.6 Å². The number of rotatable bonds is 4. The van der Waals surface area contributed by atoms with Gasteiger partial charge in [-0.25, -0.2) is 0 Å². The summed E-state index contributed by atoms with van der Waals surface area (Å²) < 4.78 is 10.6. The van der Waals surface area contributed by atoms with Gasteiger partial charge in [0, 0.05) is 17.1 Å². The summed E-state index contributed by atoms with van der Waals surface area (Å²) in [5.41, 5.74) is 6.37. The molecule has 0 spiro atoms. The van der Waals surface area contributed by atoms with Gasteiger partial charge in [-0.1, -0.05) is 11.6 Å². The standard InChI is InChI=1S/C10H14ClNO2/c1-3-14-10-7(6-12)8(11)4-5-9(10)13-2/h4-5H,3,6,12H2,1-2H3. The van der Waals surface area contributed by atoms with E-state index in [0.29, 0.717) is 29.7 Å². The van der Waals surface area contributed by atoms with E-state index in [-0.39, 0.29) is 0 Å². The van der Waals surface area contributed by atoms with Crippen LogP contribution in [0.25, 0.3) is 0 Å². The van der Waals surface area contributed by atoms with E-state index in [9.17, 15) is 0 Å². The van der Waals surface area contributed by atoms with Gasteiger partial charge in [-0.05, 0) is 19.1 Å². The molecule has 0 atom stereocenters. The van der Waals surface area contributed by atoms with Crippen LogP contribution in [0.15, 0.2) is 12.1 Å². The van der Waals surface area contributed by atoms with Crippen LogP contribution in [0.3, 0.4) is 0 Å². The van der Waals surface area contributed by atoms with Gasteiger partial charge in [-0.2, -0.15) is 0 Å². The third-order valence-corrected chi connectivity index (χ3v) is 2.23. The number of benzene rings is 1. The van der Waals surface area contributed by atoms with Crippen LogP contribution in [0.5, 0.6) is 11.5 Å². The molecule has 0 saturated heterocycles. The molecule has 0 bridgehead atoms. The number of halogens is 1. The number of hydrogen-bond acceptors (Lipinski definition) is 3. The molecular formula is C10H14ClNO2.